The molecule has 3 N–H and O–H groups in total. The highest BCUT2D eigenvalue weighted by molar-refractivity contribution is 14.0. The molecule has 0 aliphatic rings. The number of amides is 1. The molecule has 0 radical (unpaired) electrons. The summed E-state index contributed by atoms with van der Waals surface area (Å²) in [5, 5.41) is 8.72. The lowest BCUT2D eigenvalue weighted by atomic mass is 10.1. The number of nitrogens with one attached hydrogen (secondary N) is 3. The quantitative estimate of drug-likeness (QED) is 0.198. The first kappa shape index (κ1) is 24.1. The van der Waals surface area contributed by atoms with E-state index in [1.165, 1.54) is 6.07 Å². The predicted molar refractivity (Wildman–Crippen MR) is 112 cm³/mol. The van der Waals surface area contributed by atoms with Gasteiger partial charge in [-0.15, -0.1) is 24.0 Å². The number of guanidine groups is 1. The number of halogens is 3. The van der Waals surface area contributed by atoms with Gasteiger partial charge in [0.2, 0.25) is 5.91 Å². The van der Waals surface area contributed by atoms with Gasteiger partial charge in [0.25, 0.3) is 0 Å². The minimum absolute atomic E-state index is 0. The van der Waals surface area contributed by atoms with Crippen molar-refractivity contribution in [1.29, 1.82) is 0 Å². The normalized spacial score (nSPS) is 10.8. The zero-order valence-corrected chi connectivity index (χ0v) is 18.3. The molecule has 0 bridgehead atoms. The molecule has 0 aliphatic carbocycles. The number of ether oxygens (including phenoxy) is 1. The molecule has 0 aliphatic heterocycles. The molecule has 1 aromatic carbocycles. The topological polar surface area (TPSA) is 74.8 Å². The van der Waals surface area contributed by atoms with E-state index in [0.29, 0.717) is 37.6 Å². The minimum atomic E-state index is -0.209. The first-order valence-electron chi connectivity index (χ1n) is 7.71. The van der Waals surface area contributed by atoms with E-state index in [1.54, 1.807) is 20.2 Å². The third kappa shape index (κ3) is 10.6. The Hall–Kier alpha value is -0.940. The molecule has 6 nitrogen and oxygen atoms in total. The second-order valence-electron chi connectivity index (χ2n) is 5.03. The highest BCUT2D eigenvalue weighted by atomic mass is 127. The molecule has 0 saturated carbocycles. The van der Waals surface area contributed by atoms with E-state index in [-0.39, 0.29) is 42.2 Å². The highest BCUT2D eigenvalue weighted by Crippen LogP contribution is 2.16. The molecule has 0 heterocycles. The summed E-state index contributed by atoms with van der Waals surface area (Å²) in [6, 6.07) is 5.07. The van der Waals surface area contributed by atoms with Gasteiger partial charge in [-0.3, -0.25) is 9.79 Å². The lowest BCUT2D eigenvalue weighted by Gasteiger charge is -2.12. The summed E-state index contributed by atoms with van der Waals surface area (Å²) in [7, 11) is 3.21. The van der Waals surface area contributed by atoms with Gasteiger partial charge in [-0.1, -0.05) is 22.0 Å². The number of nitrogens with zero attached hydrogens (tertiary/aromatic N) is 1. The Balaban J connectivity index is 0.00000576. The fourth-order valence-corrected chi connectivity index (χ4v) is 2.28. The second kappa shape index (κ2) is 14.3. The van der Waals surface area contributed by atoms with Crippen LogP contribution in [0.4, 0.5) is 4.39 Å². The van der Waals surface area contributed by atoms with Crippen molar-refractivity contribution >= 4 is 51.8 Å². The Kier molecular flexibility index (Phi) is 13.7. The van der Waals surface area contributed by atoms with Crippen LogP contribution in [0.2, 0.25) is 0 Å². The molecule has 25 heavy (non-hydrogen) atoms. The molecule has 1 aromatic rings. The summed E-state index contributed by atoms with van der Waals surface area (Å²) >= 11 is 3.24. The summed E-state index contributed by atoms with van der Waals surface area (Å²) in [5.74, 6) is 0.194. The molecule has 0 fully saturated rings. The van der Waals surface area contributed by atoms with Gasteiger partial charge in [-0.25, -0.2) is 4.39 Å². The van der Waals surface area contributed by atoms with E-state index in [9.17, 15) is 9.18 Å². The van der Waals surface area contributed by atoms with Crippen LogP contribution in [0.5, 0.6) is 0 Å². The molecule has 0 spiro atoms. The van der Waals surface area contributed by atoms with Gasteiger partial charge in [0.05, 0.1) is 13.2 Å². The van der Waals surface area contributed by atoms with Crippen molar-refractivity contribution in [3.63, 3.8) is 0 Å². The average molecular weight is 531 g/mol. The van der Waals surface area contributed by atoms with Crippen LogP contribution in [0.25, 0.3) is 0 Å². The number of carbonyl (C=O) groups is 1. The first-order chi connectivity index (χ1) is 11.6. The Bertz CT molecular complexity index is 561. The fraction of sp³-hybridized carbons (Fsp3) is 0.500. The number of carbonyl (C=O) groups excluding carboxylic acids is 1. The molecule has 0 saturated heterocycles. The molecule has 1 rings (SSSR count). The van der Waals surface area contributed by atoms with Crippen LogP contribution in [-0.2, 0) is 16.0 Å². The van der Waals surface area contributed by atoms with Crippen molar-refractivity contribution in [3.05, 3.63) is 34.1 Å². The maximum atomic E-state index is 13.7. The lowest BCUT2D eigenvalue weighted by molar-refractivity contribution is -0.120. The monoisotopic (exact) mass is 530 g/mol. The minimum Gasteiger partial charge on any atom is -0.383 e. The van der Waals surface area contributed by atoms with Gasteiger partial charge in [-0.2, -0.15) is 0 Å². The van der Waals surface area contributed by atoms with Crippen LogP contribution in [0.1, 0.15) is 12.0 Å². The van der Waals surface area contributed by atoms with Crippen molar-refractivity contribution < 1.29 is 13.9 Å². The summed E-state index contributed by atoms with van der Waals surface area (Å²) in [4.78, 5) is 15.6. The third-order valence-electron chi connectivity index (χ3n) is 3.20. The Morgan fingerprint density at radius 2 is 2.04 bits per heavy atom. The largest absolute Gasteiger partial charge is 0.383 e. The van der Waals surface area contributed by atoms with Crippen molar-refractivity contribution in [3.8, 4) is 0 Å². The molecule has 0 atom stereocenters. The number of hydrogen-bond donors (Lipinski definition) is 3. The zero-order valence-electron chi connectivity index (χ0n) is 14.4. The van der Waals surface area contributed by atoms with E-state index >= 15 is 0 Å². The smallest absolute Gasteiger partial charge is 0.239 e. The van der Waals surface area contributed by atoms with Gasteiger partial charge in [0.15, 0.2) is 5.96 Å². The van der Waals surface area contributed by atoms with Gasteiger partial charge in [-0.05, 0) is 30.5 Å². The SMILES string of the molecule is CN=C(NCCCc1ccc(Br)cc1F)NCC(=O)NCCOC.I. The standard InChI is InChI=1S/C16H24BrFN4O2.HI/c1-19-16(22-11-15(23)20-8-9-24-2)21-7-3-4-12-5-6-13(17)10-14(12)18;/h5-6,10H,3-4,7-9,11H2,1-2H3,(H,20,23)(H2,19,21,22);1H. The molecular formula is C16H25BrFIN4O2. The van der Waals surface area contributed by atoms with E-state index in [1.807, 2.05) is 6.07 Å². The Labute approximate surface area is 173 Å². The number of aryl methyl sites for hydroxylation is 1. The lowest BCUT2D eigenvalue weighted by Crippen LogP contribution is -2.44. The van der Waals surface area contributed by atoms with E-state index in [2.05, 4.69) is 36.9 Å². The molecule has 0 unspecified atom stereocenters. The van der Waals surface area contributed by atoms with Gasteiger partial charge < -0.3 is 20.7 Å². The molecule has 142 valence electrons. The fourth-order valence-electron chi connectivity index (χ4n) is 1.95. The van der Waals surface area contributed by atoms with Crippen molar-refractivity contribution in [2.45, 2.75) is 12.8 Å². The molecule has 9 heteroatoms. The van der Waals surface area contributed by atoms with E-state index in [4.69, 9.17) is 4.74 Å². The van der Waals surface area contributed by atoms with Crippen LogP contribution in [0, 0.1) is 5.82 Å². The molecular weight excluding hydrogens is 506 g/mol. The van der Waals surface area contributed by atoms with Crippen LogP contribution >= 0.6 is 39.9 Å². The van der Waals surface area contributed by atoms with Crippen molar-refractivity contribution in [2.75, 3.05) is 40.4 Å². The van der Waals surface area contributed by atoms with Crippen molar-refractivity contribution in [2.24, 2.45) is 4.99 Å². The number of aliphatic imine (C=N–C) groups is 1. The number of methoxy groups -OCH3 is 1. The maximum Gasteiger partial charge on any atom is 0.239 e. The number of benzene rings is 1. The second-order valence-corrected chi connectivity index (χ2v) is 5.95. The zero-order chi connectivity index (χ0) is 17.8. The number of hydrogen-bond acceptors (Lipinski definition) is 3. The van der Waals surface area contributed by atoms with Gasteiger partial charge in [0.1, 0.15) is 5.82 Å². The molecule has 0 aromatic heterocycles. The van der Waals surface area contributed by atoms with Crippen LogP contribution < -0.4 is 16.0 Å². The van der Waals surface area contributed by atoms with E-state index in [0.717, 1.165) is 10.9 Å². The maximum absolute atomic E-state index is 13.7. The summed E-state index contributed by atoms with van der Waals surface area (Å²) in [6.45, 7) is 1.71. The first-order valence-corrected chi connectivity index (χ1v) is 8.50. The van der Waals surface area contributed by atoms with Crippen LogP contribution in [0.3, 0.4) is 0 Å². The van der Waals surface area contributed by atoms with Gasteiger partial charge >= 0.3 is 0 Å². The molecule has 1 amide bonds. The summed E-state index contributed by atoms with van der Waals surface area (Å²) < 4.78 is 19.3. The Morgan fingerprint density at radius 1 is 1.28 bits per heavy atom. The summed E-state index contributed by atoms with van der Waals surface area (Å²) in [6.07, 6.45) is 1.37. The van der Waals surface area contributed by atoms with Crippen LogP contribution in [0.15, 0.2) is 27.7 Å². The number of rotatable bonds is 9. The predicted octanol–water partition coefficient (Wildman–Crippen LogP) is 2.07. The van der Waals surface area contributed by atoms with Crippen LogP contribution in [-0.4, -0.2) is 52.3 Å². The average Bonchev–Trinajstić information content (AvgIpc) is 2.56. The Morgan fingerprint density at radius 3 is 2.68 bits per heavy atom. The highest BCUT2D eigenvalue weighted by Gasteiger charge is 2.04. The summed E-state index contributed by atoms with van der Waals surface area (Å²) in [5.41, 5.74) is 0.681. The van der Waals surface area contributed by atoms with E-state index < -0.39 is 0 Å². The third-order valence-corrected chi connectivity index (χ3v) is 3.69. The van der Waals surface area contributed by atoms with Crippen molar-refractivity contribution in [1.82, 2.24) is 16.0 Å². The van der Waals surface area contributed by atoms with Gasteiger partial charge in [0, 0.05) is 31.7 Å².